The van der Waals surface area contributed by atoms with Gasteiger partial charge in [-0.3, -0.25) is 14.4 Å². The van der Waals surface area contributed by atoms with Crippen LogP contribution in [0, 0.1) is 5.82 Å². The molecule has 3 aromatic carbocycles. The highest BCUT2D eigenvalue weighted by Gasteiger charge is 2.43. The smallest absolute Gasteiger partial charge is 0.408 e. The number of nitrogens with zero attached hydrogens (tertiary/aromatic N) is 2. The second-order valence-corrected chi connectivity index (χ2v) is 12.1. The van der Waals surface area contributed by atoms with Crippen LogP contribution in [0.1, 0.15) is 38.3 Å². The molecule has 4 amide bonds. The molecule has 0 radical (unpaired) electrons. The van der Waals surface area contributed by atoms with Crippen LogP contribution in [0.4, 0.5) is 9.18 Å². The van der Waals surface area contributed by atoms with Crippen molar-refractivity contribution in [3.63, 3.8) is 0 Å². The Labute approximate surface area is 263 Å². The fourth-order valence-corrected chi connectivity index (χ4v) is 5.57. The van der Waals surface area contributed by atoms with Crippen LogP contribution < -0.4 is 10.6 Å². The number of hydrogen-bond donors (Lipinski definition) is 2. The maximum absolute atomic E-state index is 14.1. The molecule has 1 saturated heterocycles. The Kier molecular flexibility index (Phi) is 10.6. The van der Waals surface area contributed by atoms with Crippen LogP contribution in [0.2, 0.25) is 0 Å². The zero-order valence-corrected chi connectivity index (χ0v) is 26.2. The molecule has 238 valence electrons. The molecule has 0 spiro atoms. The maximum Gasteiger partial charge on any atom is 0.408 e. The molecule has 3 atom stereocenters. The highest BCUT2D eigenvalue weighted by atomic mass is 19.1. The number of hydrogen-bond acceptors (Lipinski definition) is 5. The topological polar surface area (TPSA) is 108 Å². The van der Waals surface area contributed by atoms with E-state index in [1.54, 1.807) is 26.8 Å². The number of ether oxygens (including phenoxy) is 1. The van der Waals surface area contributed by atoms with E-state index in [0.29, 0.717) is 12.0 Å². The number of carbonyl (C=O) groups is 4. The molecule has 10 heteroatoms. The van der Waals surface area contributed by atoms with Gasteiger partial charge in [0.05, 0.1) is 0 Å². The summed E-state index contributed by atoms with van der Waals surface area (Å²) in [5.74, 6) is -1.61. The van der Waals surface area contributed by atoms with Crippen LogP contribution in [-0.2, 0) is 32.0 Å². The molecule has 45 heavy (non-hydrogen) atoms. The van der Waals surface area contributed by atoms with E-state index >= 15 is 0 Å². The summed E-state index contributed by atoms with van der Waals surface area (Å²) >= 11 is 0. The Morgan fingerprint density at radius 3 is 2.31 bits per heavy atom. The highest BCUT2D eigenvalue weighted by molar-refractivity contribution is 5.95. The lowest BCUT2D eigenvalue weighted by Crippen LogP contribution is -2.65. The summed E-state index contributed by atoms with van der Waals surface area (Å²) in [6, 6.07) is 16.7. The van der Waals surface area contributed by atoms with Crippen molar-refractivity contribution in [2.75, 3.05) is 20.1 Å². The molecular formula is C35H41FN4O5. The maximum atomic E-state index is 14.1. The lowest BCUT2D eigenvalue weighted by Gasteiger charge is -2.44. The van der Waals surface area contributed by atoms with Crippen molar-refractivity contribution in [1.29, 1.82) is 0 Å². The summed E-state index contributed by atoms with van der Waals surface area (Å²) < 4.78 is 19.0. The van der Waals surface area contributed by atoms with E-state index in [2.05, 4.69) is 17.2 Å². The van der Waals surface area contributed by atoms with Crippen molar-refractivity contribution in [1.82, 2.24) is 20.4 Å². The van der Waals surface area contributed by atoms with Crippen molar-refractivity contribution in [3.8, 4) is 0 Å². The standard InChI is InChI=1S/C35H41FN4O5/c1-6-9-29-33(43)40(30(31(41)37-5)22-24-12-15-25-10-7-8-11-26(25)20-24)19-18-39(29)32(42)28(38-34(44)45-35(2,3)4)21-23-13-16-27(36)17-14-23/h6-8,10-17,20,28-30H,1,9,18-19,21-22H2,2-5H3,(H,37,41)(H,38,44)/t28-,29-,30-/m0/s1. The first-order chi connectivity index (χ1) is 21.4. The Bertz CT molecular complexity index is 1550. The molecule has 1 heterocycles. The zero-order chi connectivity index (χ0) is 32.7. The summed E-state index contributed by atoms with van der Waals surface area (Å²) in [6.07, 6.45) is 1.26. The Balaban J connectivity index is 1.60. The molecule has 1 aliphatic heterocycles. The van der Waals surface area contributed by atoms with Gasteiger partial charge in [-0.25, -0.2) is 9.18 Å². The van der Waals surface area contributed by atoms with Crippen molar-refractivity contribution >= 4 is 34.6 Å². The quantitative estimate of drug-likeness (QED) is 0.329. The number of rotatable bonds is 10. The third-order valence-corrected chi connectivity index (χ3v) is 7.71. The Hall–Kier alpha value is -4.73. The molecule has 0 saturated carbocycles. The second-order valence-electron chi connectivity index (χ2n) is 12.1. The predicted molar refractivity (Wildman–Crippen MR) is 171 cm³/mol. The molecule has 0 aromatic heterocycles. The van der Waals surface area contributed by atoms with Gasteiger partial charge in [0.2, 0.25) is 17.7 Å². The molecule has 0 bridgehead atoms. The molecule has 1 fully saturated rings. The fraction of sp³-hybridized carbons (Fsp3) is 0.371. The van der Waals surface area contributed by atoms with Gasteiger partial charge < -0.3 is 25.2 Å². The summed E-state index contributed by atoms with van der Waals surface area (Å²) in [5, 5.41) is 7.45. The van der Waals surface area contributed by atoms with Gasteiger partial charge in [-0.2, -0.15) is 0 Å². The Morgan fingerprint density at radius 1 is 1.00 bits per heavy atom. The normalized spacial score (nSPS) is 16.6. The summed E-state index contributed by atoms with van der Waals surface area (Å²) in [5.41, 5.74) is 0.710. The van der Waals surface area contributed by atoms with Crippen LogP contribution in [0.25, 0.3) is 10.8 Å². The van der Waals surface area contributed by atoms with Gasteiger partial charge in [-0.1, -0.05) is 60.7 Å². The molecule has 9 nitrogen and oxygen atoms in total. The van der Waals surface area contributed by atoms with Crippen molar-refractivity contribution < 1.29 is 28.3 Å². The van der Waals surface area contributed by atoms with E-state index in [1.165, 1.54) is 41.1 Å². The second kappa shape index (κ2) is 14.4. The average molecular weight is 617 g/mol. The zero-order valence-electron chi connectivity index (χ0n) is 26.2. The van der Waals surface area contributed by atoms with Gasteiger partial charge in [0, 0.05) is 33.0 Å². The lowest BCUT2D eigenvalue weighted by atomic mass is 9.97. The van der Waals surface area contributed by atoms with Gasteiger partial charge in [-0.15, -0.1) is 6.58 Å². The van der Waals surface area contributed by atoms with Gasteiger partial charge in [0.25, 0.3) is 0 Å². The minimum Gasteiger partial charge on any atom is -0.444 e. The predicted octanol–water partition coefficient (Wildman–Crippen LogP) is 4.39. The van der Waals surface area contributed by atoms with Crippen LogP contribution in [0.15, 0.2) is 79.4 Å². The third-order valence-electron chi connectivity index (χ3n) is 7.71. The number of amides is 4. The number of nitrogens with one attached hydrogen (secondary N) is 2. The van der Waals surface area contributed by atoms with E-state index < -0.39 is 41.5 Å². The van der Waals surface area contributed by atoms with E-state index in [4.69, 9.17) is 4.74 Å². The SMILES string of the molecule is C=CC[C@H]1C(=O)N([C@@H](Cc2ccc3ccccc3c2)C(=O)NC)CCN1C(=O)[C@H](Cc1ccc(F)cc1)NC(=O)OC(C)(C)C. The van der Waals surface area contributed by atoms with Crippen molar-refractivity contribution in [3.05, 3.63) is 96.3 Å². The fourth-order valence-electron chi connectivity index (χ4n) is 5.57. The number of carbonyl (C=O) groups excluding carboxylic acids is 4. The monoisotopic (exact) mass is 616 g/mol. The number of fused-ring (bicyclic) bond motifs is 1. The number of benzene rings is 3. The van der Waals surface area contributed by atoms with Crippen LogP contribution in [0.5, 0.6) is 0 Å². The van der Waals surface area contributed by atoms with Crippen molar-refractivity contribution in [2.45, 2.75) is 63.8 Å². The number of likely N-dealkylation sites (N-methyl/N-ethyl adjacent to an activating group) is 1. The van der Waals surface area contributed by atoms with Gasteiger partial charge >= 0.3 is 6.09 Å². The van der Waals surface area contributed by atoms with E-state index in [-0.39, 0.29) is 37.7 Å². The molecular weight excluding hydrogens is 575 g/mol. The molecule has 2 N–H and O–H groups in total. The average Bonchev–Trinajstić information content (AvgIpc) is 3.00. The molecule has 0 aliphatic carbocycles. The minimum atomic E-state index is -1.09. The van der Waals surface area contributed by atoms with Crippen LogP contribution in [-0.4, -0.2) is 77.5 Å². The van der Waals surface area contributed by atoms with Gasteiger partial charge in [0.15, 0.2) is 0 Å². The van der Waals surface area contributed by atoms with Crippen LogP contribution >= 0.6 is 0 Å². The highest BCUT2D eigenvalue weighted by Crippen LogP contribution is 2.24. The first kappa shape index (κ1) is 33.2. The van der Waals surface area contributed by atoms with Gasteiger partial charge in [-0.05, 0) is 61.2 Å². The van der Waals surface area contributed by atoms with E-state index in [1.807, 2.05) is 42.5 Å². The number of alkyl carbamates (subject to hydrolysis) is 1. The summed E-state index contributed by atoms with van der Waals surface area (Å²) in [7, 11) is 1.53. The molecule has 0 unspecified atom stereocenters. The number of halogens is 1. The van der Waals surface area contributed by atoms with E-state index in [9.17, 15) is 23.6 Å². The lowest BCUT2D eigenvalue weighted by molar-refractivity contribution is -0.156. The first-order valence-corrected chi connectivity index (χ1v) is 15.0. The van der Waals surface area contributed by atoms with Gasteiger partial charge in [0.1, 0.15) is 29.5 Å². The largest absolute Gasteiger partial charge is 0.444 e. The minimum absolute atomic E-state index is 0.0520. The third kappa shape index (κ3) is 8.47. The summed E-state index contributed by atoms with van der Waals surface area (Å²) in [4.78, 5) is 57.1. The van der Waals surface area contributed by atoms with Crippen molar-refractivity contribution in [2.24, 2.45) is 0 Å². The number of piperazine rings is 1. The molecule has 1 aliphatic rings. The molecule has 3 aromatic rings. The first-order valence-electron chi connectivity index (χ1n) is 15.0. The summed E-state index contributed by atoms with van der Waals surface area (Å²) in [6.45, 7) is 9.17. The van der Waals surface area contributed by atoms with E-state index in [0.717, 1.165) is 16.3 Å². The Morgan fingerprint density at radius 2 is 1.67 bits per heavy atom. The molecule has 4 rings (SSSR count). The van der Waals surface area contributed by atoms with Crippen LogP contribution in [0.3, 0.4) is 0 Å².